The third-order valence-corrected chi connectivity index (χ3v) is 8.16. The normalized spacial score (nSPS) is 21.7. The molecule has 5 nitrogen and oxygen atoms in total. The van der Waals surface area contributed by atoms with Crippen LogP contribution in [0.2, 0.25) is 0 Å². The van der Waals surface area contributed by atoms with Crippen molar-refractivity contribution in [2.45, 2.75) is 51.0 Å². The monoisotopic (exact) mass is 507 g/mol. The predicted octanol–water partition coefficient (Wildman–Crippen LogP) is 6.80. The van der Waals surface area contributed by atoms with E-state index in [2.05, 4.69) is 97.0 Å². The third-order valence-electron chi connectivity index (χ3n) is 8.16. The molecule has 5 heteroatoms. The molecule has 6 rings (SSSR count). The summed E-state index contributed by atoms with van der Waals surface area (Å²) in [6.07, 6.45) is 1.34. The molecule has 0 aromatic heterocycles. The highest BCUT2D eigenvalue weighted by Crippen LogP contribution is 2.44. The highest BCUT2D eigenvalue weighted by molar-refractivity contribution is 6.01. The Kier molecular flexibility index (Phi) is 6.48. The third kappa shape index (κ3) is 4.83. The Balaban J connectivity index is 1.34. The van der Waals surface area contributed by atoms with Crippen molar-refractivity contribution in [1.29, 1.82) is 0 Å². The molecule has 0 radical (unpaired) electrons. The SMILES string of the molecule is CC(C)(C)c1ccc(C2CC(=O)C3=C(C2)Nc2ccccc2NC3c2ccc(N3CCOCC3)cc2)cc1. The van der Waals surface area contributed by atoms with E-state index in [1.54, 1.807) is 0 Å². The van der Waals surface area contributed by atoms with Crippen molar-refractivity contribution >= 4 is 22.8 Å². The number of nitrogens with zero attached hydrogens (tertiary/aromatic N) is 1. The van der Waals surface area contributed by atoms with Crippen molar-refractivity contribution in [2.75, 3.05) is 41.8 Å². The maximum absolute atomic E-state index is 13.9. The van der Waals surface area contributed by atoms with E-state index in [9.17, 15) is 4.79 Å². The summed E-state index contributed by atoms with van der Waals surface area (Å²) >= 11 is 0. The highest BCUT2D eigenvalue weighted by atomic mass is 16.5. The van der Waals surface area contributed by atoms with Crippen LogP contribution in [0, 0.1) is 0 Å². The van der Waals surface area contributed by atoms with Crippen LogP contribution in [-0.4, -0.2) is 32.1 Å². The minimum Gasteiger partial charge on any atom is -0.378 e. The Hall–Kier alpha value is -3.57. The molecule has 2 atom stereocenters. The lowest BCUT2D eigenvalue weighted by atomic mass is 9.77. The van der Waals surface area contributed by atoms with Crippen molar-refractivity contribution in [2.24, 2.45) is 0 Å². The first-order valence-corrected chi connectivity index (χ1v) is 13.8. The van der Waals surface area contributed by atoms with Gasteiger partial charge in [-0.15, -0.1) is 0 Å². The molecule has 2 N–H and O–H groups in total. The Bertz CT molecular complexity index is 1350. The first-order valence-electron chi connectivity index (χ1n) is 13.8. The van der Waals surface area contributed by atoms with Gasteiger partial charge in [0.1, 0.15) is 0 Å². The van der Waals surface area contributed by atoms with Gasteiger partial charge in [0.2, 0.25) is 0 Å². The van der Waals surface area contributed by atoms with Crippen LogP contribution in [0.3, 0.4) is 0 Å². The number of ketones is 1. The van der Waals surface area contributed by atoms with Crippen molar-refractivity contribution in [3.8, 4) is 0 Å². The molecule has 196 valence electrons. The van der Waals surface area contributed by atoms with Crippen LogP contribution < -0.4 is 15.5 Å². The molecule has 3 aliphatic rings. The number of hydrogen-bond donors (Lipinski definition) is 2. The van der Waals surface area contributed by atoms with E-state index >= 15 is 0 Å². The van der Waals surface area contributed by atoms with E-state index in [0.29, 0.717) is 6.42 Å². The molecule has 1 fully saturated rings. The number of benzene rings is 3. The van der Waals surface area contributed by atoms with Crippen LogP contribution in [-0.2, 0) is 14.9 Å². The number of fused-ring (bicyclic) bond motifs is 1. The summed E-state index contributed by atoms with van der Waals surface area (Å²) in [6.45, 7) is 10.0. The number of para-hydroxylation sites is 2. The van der Waals surface area contributed by atoms with Gasteiger partial charge in [-0.25, -0.2) is 0 Å². The Labute approximate surface area is 225 Å². The molecule has 3 aromatic rings. The summed E-state index contributed by atoms with van der Waals surface area (Å²) in [4.78, 5) is 16.2. The second-order valence-corrected chi connectivity index (χ2v) is 11.7. The molecule has 1 aliphatic carbocycles. The minimum absolute atomic E-state index is 0.110. The first-order chi connectivity index (χ1) is 18.4. The molecular weight excluding hydrogens is 470 g/mol. The van der Waals surface area contributed by atoms with Gasteiger partial charge in [-0.05, 0) is 58.7 Å². The van der Waals surface area contributed by atoms with E-state index in [4.69, 9.17) is 4.74 Å². The summed E-state index contributed by atoms with van der Waals surface area (Å²) in [5, 5.41) is 7.37. The largest absolute Gasteiger partial charge is 0.378 e. The molecule has 2 unspecified atom stereocenters. The number of ether oxygens (including phenoxy) is 1. The van der Waals surface area contributed by atoms with E-state index in [-0.39, 0.29) is 23.2 Å². The summed E-state index contributed by atoms with van der Waals surface area (Å²) in [7, 11) is 0. The zero-order valence-corrected chi connectivity index (χ0v) is 22.6. The van der Waals surface area contributed by atoms with Gasteiger partial charge in [0.15, 0.2) is 5.78 Å². The Morgan fingerprint density at radius 3 is 2.16 bits per heavy atom. The lowest BCUT2D eigenvalue weighted by molar-refractivity contribution is -0.116. The highest BCUT2D eigenvalue weighted by Gasteiger charge is 2.36. The van der Waals surface area contributed by atoms with Gasteiger partial charge in [-0.1, -0.05) is 69.3 Å². The van der Waals surface area contributed by atoms with Gasteiger partial charge in [0.05, 0.1) is 30.6 Å². The van der Waals surface area contributed by atoms with E-state index in [1.165, 1.54) is 16.8 Å². The minimum atomic E-state index is -0.198. The second kappa shape index (κ2) is 9.95. The Morgan fingerprint density at radius 1 is 0.816 bits per heavy atom. The Morgan fingerprint density at radius 2 is 1.47 bits per heavy atom. The number of morpholine rings is 1. The van der Waals surface area contributed by atoms with E-state index in [0.717, 1.165) is 60.9 Å². The van der Waals surface area contributed by atoms with E-state index in [1.807, 2.05) is 12.1 Å². The fourth-order valence-electron chi connectivity index (χ4n) is 5.93. The quantitative estimate of drug-likeness (QED) is 0.408. The first kappa shape index (κ1) is 24.7. The molecule has 3 aromatic carbocycles. The molecule has 0 saturated carbocycles. The number of hydrogen-bond acceptors (Lipinski definition) is 5. The van der Waals surface area contributed by atoms with Crippen LogP contribution in [0.4, 0.5) is 17.1 Å². The van der Waals surface area contributed by atoms with Crippen LogP contribution in [0.15, 0.2) is 84.1 Å². The second-order valence-electron chi connectivity index (χ2n) is 11.7. The van der Waals surface area contributed by atoms with Crippen LogP contribution in [0.5, 0.6) is 0 Å². The molecule has 2 heterocycles. The number of Topliss-reactive ketones (excluding diaryl/α,β-unsaturated/α-hetero) is 1. The molecule has 0 amide bonds. The maximum Gasteiger partial charge on any atom is 0.163 e. The standard InChI is InChI=1S/C33H37N3O2/c1-33(2,3)25-12-8-22(9-13-25)24-20-29-31(30(37)21-24)32(35-28-7-5-4-6-27(28)34-29)23-10-14-26(15-11-23)36-16-18-38-19-17-36/h4-15,24,32,34-35H,16-21H2,1-3H3. The average molecular weight is 508 g/mol. The van der Waals surface area contributed by atoms with Gasteiger partial charge in [-0.3, -0.25) is 4.79 Å². The zero-order valence-electron chi connectivity index (χ0n) is 22.6. The van der Waals surface area contributed by atoms with Gasteiger partial charge in [-0.2, -0.15) is 0 Å². The summed E-state index contributed by atoms with van der Waals surface area (Å²) in [6, 6.07) is 25.6. The van der Waals surface area contributed by atoms with Crippen LogP contribution in [0.1, 0.15) is 62.3 Å². The van der Waals surface area contributed by atoms with Crippen LogP contribution in [0.25, 0.3) is 0 Å². The molecule has 0 bridgehead atoms. The van der Waals surface area contributed by atoms with E-state index < -0.39 is 0 Å². The molecule has 2 aliphatic heterocycles. The number of carbonyl (C=O) groups is 1. The van der Waals surface area contributed by atoms with Gasteiger partial charge >= 0.3 is 0 Å². The summed E-state index contributed by atoms with van der Waals surface area (Å²) in [5.74, 6) is 0.378. The number of nitrogens with one attached hydrogen (secondary N) is 2. The molecule has 0 spiro atoms. The number of anilines is 3. The fraction of sp³-hybridized carbons (Fsp3) is 0.364. The topological polar surface area (TPSA) is 53.6 Å². The number of rotatable bonds is 3. The van der Waals surface area contributed by atoms with Crippen molar-refractivity contribution < 1.29 is 9.53 Å². The molecular formula is C33H37N3O2. The lowest BCUT2D eigenvalue weighted by Crippen LogP contribution is -2.36. The molecule has 1 saturated heterocycles. The van der Waals surface area contributed by atoms with Crippen molar-refractivity contribution in [3.05, 3.63) is 101 Å². The number of allylic oxidation sites excluding steroid dienone is 1. The smallest absolute Gasteiger partial charge is 0.163 e. The van der Waals surface area contributed by atoms with Crippen molar-refractivity contribution in [3.63, 3.8) is 0 Å². The van der Waals surface area contributed by atoms with Crippen molar-refractivity contribution in [1.82, 2.24) is 0 Å². The van der Waals surface area contributed by atoms with Gasteiger partial charge < -0.3 is 20.3 Å². The summed E-state index contributed by atoms with van der Waals surface area (Å²) in [5.41, 5.74) is 8.90. The lowest BCUT2D eigenvalue weighted by Gasteiger charge is -2.31. The average Bonchev–Trinajstić information content (AvgIpc) is 3.10. The van der Waals surface area contributed by atoms with Gasteiger partial charge in [0.25, 0.3) is 0 Å². The number of carbonyl (C=O) groups excluding carboxylic acids is 1. The zero-order chi connectivity index (χ0) is 26.3. The maximum atomic E-state index is 13.9. The summed E-state index contributed by atoms with van der Waals surface area (Å²) < 4.78 is 5.52. The van der Waals surface area contributed by atoms with Crippen LogP contribution >= 0.6 is 0 Å². The fourth-order valence-corrected chi connectivity index (χ4v) is 5.93. The predicted molar refractivity (Wildman–Crippen MR) is 155 cm³/mol. The molecule has 38 heavy (non-hydrogen) atoms. The van der Waals surface area contributed by atoms with Gasteiger partial charge in [0, 0.05) is 36.5 Å².